The van der Waals surface area contributed by atoms with Gasteiger partial charge in [0.05, 0.1) is 15.6 Å². The van der Waals surface area contributed by atoms with Gasteiger partial charge in [-0.25, -0.2) is 4.39 Å². The summed E-state index contributed by atoms with van der Waals surface area (Å²) in [6, 6.07) is 6.45. The van der Waals surface area contributed by atoms with Crippen molar-refractivity contribution < 1.29 is 14.3 Å². The van der Waals surface area contributed by atoms with Gasteiger partial charge in [0.15, 0.2) is 5.75 Å². The third kappa shape index (κ3) is 3.23. The van der Waals surface area contributed by atoms with Gasteiger partial charge in [-0.15, -0.1) is 0 Å². The number of nitrogens with one attached hydrogen (secondary N) is 1. The van der Waals surface area contributed by atoms with Gasteiger partial charge in [-0.1, -0.05) is 23.2 Å². The minimum Gasteiger partial charge on any atom is -0.505 e. The zero-order valence-corrected chi connectivity index (χ0v) is 12.9. The zero-order valence-electron chi connectivity index (χ0n) is 9.75. The van der Waals surface area contributed by atoms with Crippen molar-refractivity contribution >= 4 is 50.7 Å². The molecule has 2 aromatic rings. The Hall–Kier alpha value is -1.30. The van der Waals surface area contributed by atoms with Crippen molar-refractivity contribution in [3.05, 3.63) is 56.2 Å². The number of amides is 1. The van der Waals surface area contributed by atoms with E-state index in [1.54, 1.807) is 0 Å². The second kappa shape index (κ2) is 5.99. The second-order valence-electron chi connectivity index (χ2n) is 3.87. The third-order valence-electron chi connectivity index (χ3n) is 2.45. The first-order chi connectivity index (χ1) is 9.38. The Bertz CT molecular complexity index is 671. The van der Waals surface area contributed by atoms with Gasteiger partial charge in [0, 0.05) is 10.2 Å². The topological polar surface area (TPSA) is 49.3 Å². The molecule has 0 unspecified atom stereocenters. The number of aromatic hydroxyl groups is 1. The van der Waals surface area contributed by atoms with Crippen molar-refractivity contribution in [1.29, 1.82) is 0 Å². The summed E-state index contributed by atoms with van der Waals surface area (Å²) in [5.74, 6) is -1.33. The molecule has 0 aliphatic carbocycles. The minimum absolute atomic E-state index is 0.00566. The number of carbonyl (C=O) groups excluding carboxylic acids is 1. The SMILES string of the molecule is O=C(Nc1cc(Cl)c(O)c(Cl)c1)c1cc(F)ccc1Br. The fraction of sp³-hybridized carbons (Fsp3) is 0. The third-order valence-corrected chi connectivity index (χ3v) is 3.72. The summed E-state index contributed by atoms with van der Waals surface area (Å²) in [4.78, 5) is 12.0. The Morgan fingerprint density at radius 2 is 1.80 bits per heavy atom. The number of anilines is 1. The number of phenolic OH excluding ortho intramolecular Hbond substituents is 1. The highest BCUT2D eigenvalue weighted by Gasteiger charge is 2.13. The van der Waals surface area contributed by atoms with Gasteiger partial charge < -0.3 is 10.4 Å². The Morgan fingerprint density at radius 3 is 2.40 bits per heavy atom. The molecule has 0 saturated carbocycles. The molecule has 0 spiro atoms. The van der Waals surface area contributed by atoms with Crippen LogP contribution in [0.4, 0.5) is 10.1 Å². The van der Waals surface area contributed by atoms with Crippen molar-refractivity contribution in [2.45, 2.75) is 0 Å². The molecule has 2 rings (SSSR count). The molecule has 20 heavy (non-hydrogen) atoms. The Kier molecular flexibility index (Phi) is 4.52. The van der Waals surface area contributed by atoms with Gasteiger partial charge in [0.25, 0.3) is 5.91 Å². The van der Waals surface area contributed by atoms with Crippen LogP contribution in [0.1, 0.15) is 10.4 Å². The van der Waals surface area contributed by atoms with E-state index in [9.17, 15) is 14.3 Å². The quantitative estimate of drug-likeness (QED) is 0.733. The summed E-state index contributed by atoms with van der Waals surface area (Å²) < 4.78 is 13.6. The standard InChI is InChI=1S/C13H7BrCl2FNO2/c14-9-2-1-6(17)3-8(9)13(20)18-7-4-10(15)12(19)11(16)5-7/h1-5,19H,(H,18,20). The number of carbonyl (C=O) groups is 1. The van der Waals surface area contributed by atoms with Gasteiger partial charge in [0.2, 0.25) is 0 Å². The van der Waals surface area contributed by atoms with E-state index in [0.717, 1.165) is 6.07 Å². The average Bonchev–Trinajstić information content (AvgIpc) is 2.38. The van der Waals surface area contributed by atoms with E-state index in [-0.39, 0.29) is 21.4 Å². The van der Waals surface area contributed by atoms with Crippen LogP contribution in [0.15, 0.2) is 34.8 Å². The molecule has 0 saturated heterocycles. The molecule has 0 aliphatic rings. The van der Waals surface area contributed by atoms with Crippen LogP contribution in [0.3, 0.4) is 0 Å². The predicted octanol–water partition coefficient (Wildman–Crippen LogP) is 4.85. The van der Waals surface area contributed by atoms with Crippen LogP contribution in [-0.4, -0.2) is 11.0 Å². The molecule has 0 radical (unpaired) electrons. The number of phenols is 1. The summed E-state index contributed by atoms with van der Waals surface area (Å²) in [7, 11) is 0. The summed E-state index contributed by atoms with van der Waals surface area (Å²) in [6.07, 6.45) is 0. The smallest absolute Gasteiger partial charge is 0.256 e. The average molecular weight is 379 g/mol. The largest absolute Gasteiger partial charge is 0.505 e. The van der Waals surface area contributed by atoms with Crippen LogP contribution in [0.25, 0.3) is 0 Å². The van der Waals surface area contributed by atoms with Crippen molar-refractivity contribution in [3.8, 4) is 5.75 Å². The maximum atomic E-state index is 13.2. The minimum atomic E-state index is -0.533. The normalized spacial score (nSPS) is 10.4. The molecule has 104 valence electrons. The van der Waals surface area contributed by atoms with Gasteiger partial charge in [-0.05, 0) is 46.3 Å². The van der Waals surface area contributed by atoms with Gasteiger partial charge >= 0.3 is 0 Å². The molecule has 0 fully saturated rings. The number of benzene rings is 2. The Morgan fingerprint density at radius 1 is 1.20 bits per heavy atom. The summed E-state index contributed by atoms with van der Waals surface area (Å²) >= 11 is 14.7. The number of halogens is 4. The van der Waals surface area contributed by atoms with Crippen molar-refractivity contribution in [2.75, 3.05) is 5.32 Å². The van der Waals surface area contributed by atoms with E-state index in [2.05, 4.69) is 21.2 Å². The van der Waals surface area contributed by atoms with E-state index >= 15 is 0 Å². The summed E-state index contributed by atoms with van der Waals surface area (Å²) in [5.41, 5.74) is 0.421. The van der Waals surface area contributed by atoms with E-state index in [1.165, 1.54) is 24.3 Å². The fourth-order valence-corrected chi connectivity index (χ4v) is 2.42. The molecule has 0 bridgehead atoms. The zero-order chi connectivity index (χ0) is 14.9. The van der Waals surface area contributed by atoms with E-state index in [4.69, 9.17) is 23.2 Å². The van der Waals surface area contributed by atoms with Crippen LogP contribution >= 0.6 is 39.1 Å². The fourth-order valence-electron chi connectivity index (χ4n) is 1.51. The second-order valence-corrected chi connectivity index (χ2v) is 5.54. The summed E-state index contributed by atoms with van der Waals surface area (Å²) in [6.45, 7) is 0. The van der Waals surface area contributed by atoms with Crippen molar-refractivity contribution in [1.82, 2.24) is 0 Å². The molecular weight excluding hydrogens is 372 g/mol. The maximum Gasteiger partial charge on any atom is 0.256 e. The molecule has 1 amide bonds. The first-order valence-corrected chi connectivity index (χ1v) is 6.88. The monoisotopic (exact) mass is 377 g/mol. The highest BCUT2D eigenvalue weighted by Crippen LogP contribution is 2.34. The van der Waals surface area contributed by atoms with Crippen LogP contribution in [0, 0.1) is 5.82 Å². The van der Waals surface area contributed by atoms with Crippen molar-refractivity contribution in [3.63, 3.8) is 0 Å². The van der Waals surface area contributed by atoms with Crippen LogP contribution in [0.5, 0.6) is 5.75 Å². The molecular formula is C13H7BrCl2FNO2. The van der Waals surface area contributed by atoms with Crippen LogP contribution in [0.2, 0.25) is 10.0 Å². The summed E-state index contributed by atoms with van der Waals surface area (Å²) in [5, 5.41) is 12.0. The molecule has 2 aromatic carbocycles. The lowest BCUT2D eigenvalue weighted by Gasteiger charge is -2.09. The number of rotatable bonds is 2. The Labute approximate surface area is 132 Å². The molecule has 0 aromatic heterocycles. The molecule has 2 N–H and O–H groups in total. The van der Waals surface area contributed by atoms with Crippen LogP contribution < -0.4 is 5.32 Å². The van der Waals surface area contributed by atoms with Gasteiger partial charge in [-0.2, -0.15) is 0 Å². The van der Waals surface area contributed by atoms with Crippen LogP contribution in [-0.2, 0) is 0 Å². The highest BCUT2D eigenvalue weighted by molar-refractivity contribution is 9.10. The van der Waals surface area contributed by atoms with E-state index in [1.807, 2.05) is 0 Å². The van der Waals surface area contributed by atoms with Crippen molar-refractivity contribution in [2.24, 2.45) is 0 Å². The molecule has 7 heteroatoms. The van der Waals surface area contributed by atoms with Gasteiger partial charge in [0.1, 0.15) is 5.82 Å². The Balaban J connectivity index is 2.30. The number of hydrogen-bond donors (Lipinski definition) is 2. The lowest BCUT2D eigenvalue weighted by atomic mass is 10.2. The number of hydrogen-bond acceptors (Lipinski definition) is 2. The van der Waals surface area contributed by atoms with Gasteiger partial charge in [-0.3, -0.25) is 4.79 Å². The highest BCUT2D eigenvalue weighted by atomic mass is 79.9. The lowest BCUT2D eigenvalue weighted by molar-refractivity contribution is 0.102. The molecule has 0 heterocycles. The lowest BCUT2D eigenvalue weighted by Crippen LogP contribution is -2.13. The predicted molar refractivity (Wildman–Crippen MR) is 80.2 cm³/mol. The molecule has 3 nitrogen and oxygen atoms in total. The van der Waals surface area contributed by atoms with E-state index < -0.39 is 11.7 Å². The maximum absolute atomic E-state index is 13.2. The molecule has 0 atom stereocenters. The first-order valence-electron chi connectivity index (χ1n) is 5.33. The molecule has 0 aliphatic heterocycles. The first kappa shape index (κ1) is 15.1. The van der Waals surface area contributed by atoms with E-state index in [0.29, 0.717) is 10.2 Å².